The molecular formula is C13H13Cl2N3. The molecule has 18 heavy (non-hydrogen) atoms. The highest BCUT2D eigenvalue weighted by Crippen LogP contribution is 2.20. The standard InChI is InChI=1S/C13H13Cl2N3/c1-18(8-9-2-4-10(14)5-3-9)13-7-11(16)6-12(15)17-13/h2-7H,8H2,1H3,(H2,16,17). The van der Waals surface area contributed by atoms with Crippen LogP contribution < -0.4 is 10.6 Å². The van der Waals surface area contributed by atoms with Gasteiger partial charge in [0, 0.05) is 30.4 Å². The molecule has 0 aliphatic rings. The van der Waals surface area contributed by atoms with Crippen molar-refractivity contribution in [2.75, 3.05) is 17.7 Å². The quantitative estimate of drug-likeness (QED) is 0.874. The summed E-state index contributed by atoms with van der Waals surface area (Å²) in [6.07, 6.45) is 0. The van der Waals surface area contributed by atoms with E-state index in [0.29, 0.717) is 17.4 Å². The molecule has 0 atom stereocenters. The first kappa shape index (κ1) is 13.0. The maximum Gasteiger partial charge on any atom is 0.133 e. The van der Waals surface area contributed by atoms with Gasteiger partial charge in [0.2, 0.25) is 0 Å². The molecule has 94 valence electrons. The summed E-state index contributed by atoms with van der Waals surface area (Å²) in [4.78, 5) is 6.21. The Hall–Kier alpha value is -1.45. The van der Waals surface area contributed by atoms with E-state index in [1.54, 1.807) is 12.1 Å². The van der Waals surface area contributed by atoms with Gasteiger partial charge in [-0.3, -0.25) is 0 Å². The fourth-order valence-corrected chi connectivity index (χ4v) is 1.98. The zero-order valence-electron chi connectivity index (χ0n) is 9.90. The van der Waals surface area contributed by atoms with Gasteiger partial charge in [-0.2, -0.15) is 0 Å². The molecule has 0 unspecified atom stereocenters. The largest absolute Gasteiger partial charge is 0.399 e. The summed E-state index contributed by atoms with van der Waals surface area (Å²) in [5, 5.41) is 1.12. The summed E-state index contributed by atoms with van der Waals surface area (Å²) in [5.74, 6) is 0.745. The van der Waals surface area contributed by atoms with Gasteiger partial charge in [0.25, 0.3) is 0 Å². The second-order valence-corrected chi connectivity index (χ2v) is 4.89. The van der Waals surface area contributed by atoms with Crippen LogP contribution in [0.25, 0.3) is 0 Å². The van der Waals surface area contributed by atoms with Crippen molar-refractivity contribution in [3.05, 3.63) is 52.1 Å². The number of halogens is 2. The van der Waals surface area contributed by atoms with Crippen LogP contribution in [0.1, 0.15) is 5.56 Å². The normalized spacial score (nSPS) is 10.4. The minimum Gasteiger partial charge on any atom is -0.399 e. The Morgan fingerprint density at radius 3 is 2.44 bits per heavy atom. The molecule has 0 aliphatic carbocycles. The Morgan fingerprint density at radius 2 is 1.83 bits per heavy atom. The lowest BCUT2D eigenvalue weighted by atomic mass is 10.2. The van der Waals surface area contributed by atoms with E-state index < -0.39 is 0 Å². The molecule has 2 rings (SSSR count). The van der Waals surface area contributed by atoms with Gasteiger partial charge in [0.15, 0.2) is 0 Å². The zero-order chi connectivity index (χ0) is 13.1. The van der Waals surface area contributed by atoms with Crippen LogP contribution in [0.2, 0.25) is 10.2 Å². The molecule has 1 aromatic heterocycles. The Labute approximate surface area is 116 Å². The van der Waals surface area contributed by atoms with Crippen LogP contribution in [0, 0.1) is 0 Å². The average molecular weight is 282 g/mol. The SMILES string of the molecule is CN(Cc1ccc(Cl)cc1)c1cc(N)cc(Cl)n1. The molecular weight excluding hydrogens is 269 g/mol. The van der Waals surface area contributed by atoms with E-state index in [9.17, 15) is 0 Å². The molecule has 0 saturated carbocycles. The molecule has 2 aromatic rings. The minimum atomic E-state index is 0.396. The van der Waals surface area contributed by atoms with E-state index in [1.807, 2.05) is 36.2 Å². The van der Waals surface area contributed by atoms with E-state index in [0.717, 1.165) is 16.4 Å². The third kappa shape index (κ3) is 3.28. The first-order chi connectivity index (χ1) is 8.54. The van der Waals surface area contributed by atoms with Crippen molar-refractivity contribution in [1.82, 2.24) is 4.98 Å². The summed E-state index contributed by atoms with van der Waals surface area (Å²) >= 11 is 11.7. The molecule has 0 spiro atoms. The monoisotopic (exact) mass is 281 g/mol. The number of nitrogen functional groups attached to an aromatic ring is 1. The van der Waals surface area contributed by atoms with Crippen LogP contribution in [0.4, 0.5) is 11.5 Å². The molecule has 0 bridgehead atoms. The maximum atomic E-state index is 5.88. The fraction of sp³-hybridized carbons (Fsp3) is 0.154. The number of rotatable bonds is 3. The number of hydrogen-bond donors (Lipinski definition) is 1. The predicted octanol–water partition coefficient (Wildman–Crippen LogP) is 3.61. The van der Waals surface area contributed by atoms with Crippen molar-refractivity contribution in [3.8, 4) is 0 Å². The van der Waals surface area contributed by atoms with Gasteiger partial charge in [-0.25, -0.2) is 4.98 Å². The summed E-state index contributed by atoms with van der Waals surface area (Å²) < 4.78 is 0. The van der Waals surface area contributed by atoms with Crippen molar-refractivity contribution < 1.29 is 0 Å². The summed E-state index contributed by atoms with van der Waals surface area (Å²) in [6, 6.07) is 11.1. The van der Waals surface area contributed by atoms with Gasteiger partial charge < -0.3 is 10.6 Å². The van der Waals surface area contributed by atoms with Crippen LogP contribution in [0.5, 0.6) is 0 Å². The van der Waals surface area contributed by atoms with Gasteiger partial charge in [-0.15, -0.1) is 0 Å². The maximum absolute atomic E-state index is 5.88. The van der Waals surface area contributed by atoms with Crippen molar-refractivity contribution in [2.45, 2.75) is 6.54 Å². The highest BCUT2D eigenvalue weighted by atomic mass is 35.5. The zero-order valence-corrected chi connectivity index (χ0v) is 11.4. The molecule has 0 aliphatic heterocycles. The summed E-state index contributed by atoms with van der Waals surface area (Å²) in [6.45, 7) is 0.712. The molecule has 0 fully saturated rings. The number of nitrogens with zero attached hydrogens (tertiary/aromatic N) is 2. The van der Waals surface area contributed by atoms with Crippen LogP contribution in [0.15, 0.2) is 36.4 Å². The van der Waals surface area contributed by atoms with Crippen molar-refractivity contribution in [3.63, 3.8) is 0 Å². The fourth-order valence-electron chi connectivity index (χ4n) is 1.64. The number of benzene rings is 1. The molecule has 0 saturated heterocycles. The van der Waals surface area contributed by atoms with E-state index >= 15 is 0 Å². The van der Waals surface area contributed by atoms with E-state index in [2.05, 4.69) is 4.98 Å². The van der Waals surface area contributed by atoms with Crippen LogP contribution in [-0.2, 0) is 6.54 Å². The summed E-state index contributed by atoms with van der Waals surface area (Å²) in [5.41, 5.74) is 7.49. The first-order valence-electron chi connectivity index (χ1n) is 5.43. The van der Waals surface area contributed by atoms with Gasteiger partial charge >= 0.3 is 0 Å². The highest BCUT2D eigenvalue weighted by molar-refractivity contribution is 6.30. The predicted molar refractivity (Wildman–Crippen MR) is 77.2 cm³/mol. The number of hydrogen-bond acceptors (Lipinski definition) is 3. The van der Waals surface area contributed by atoms with Gasteiger partial charge in [-0.05, 0) is 23.8 Å². The smallest absolute Gasteiger partial charge is 0.133 e. The first-order valence-corrected chi connectivity index (χ1v) is 6.19. The van der Waals surface area contributed by atoms with Crippen molar-refractivity contribution in [2.24, 2.45) is 0 Å². The van der Waals surface area contributed by atoms with Gasteiger partial charge in [-0.1, -0.05) is 35.3 Å². The third-order valence-corrected chi connectivity index (χ3v) is 2.97. The number of nitrogens with two attached hydrogens (primary N) is 1. The number of pyridine rings is 1. The van der Waals surface area contributed by atoms with Gasteiger partial charge in [0.05, 0.1) is 0 Å². The number of anilines is 2. The minimum absolute atomic E-state index is 0.396. The highest BCUT2D eigenvalue weighted by Gasteiger charge is 2.06. The molecule has 0 radical (unpaired) electrons. The van der Waals surface area contributed by atoms with Gasteiger partial charge in [0.1, 0.15) is 11.0 Å². The Morgan fingerprint density at radius 1 is 1.17 bits per heavy atom. The molecule has 3 nitrogen and oxygen atoms in total. The van der Waals surface area contributed by atoms with Crippen molar-refractivity contribution >= 4 is 34.7 Å². The Kier molecular flexibility index (Phi) is 3.94. The van der Waals surface area contributed by atoms with Crippen LogP contribution in [-0.4, -0.2) is 12.0 Å². The Bertz CT molecular complexity index is 520. The molecule has 1 heterocycles. The molecule has 0 amide bonds. The average Bonchev–Trinajstić information content (AvgIpc) is 2.31. The van der Waals surface area contributed by atoms with Crippen molar-refractivity contribution in [1.29, 1.82) is 0 Å². The second-order valence-electron chi connectivity index (χ2n) is 4.06. The van der Waals surface area contributed by atoms with E-state index in [1.165, 1.54) is 0 Å². The molecule has 1 aromatic carbocycles. The lowest BCUT2D eigenvalue weighted by Crippen LogP contribution is -2.17. The van der Waals surface area contributed by atoms with E-state index in [4.69, 9.17) is 28.9 Å². The van der Waals surface area contributed by atoms with Crippen LogP contribution in [0.3, 0.4) is 0 Å². The van der Waals surface area contributed by atoms with E-state index in [-0.39, 0.29) is 0 Å². The van der Waals surface area contributed by atoms with Crippen LogP contribution >= 0.6 is 23.2 Å². The molecule has 2 N–H and O–H groups in total. The molecule has 5 heteroatoms. The topological polar surface area (TPSA) is 42.1 Å². The second kappa shape index (κ2) is 5.46. The third-order valence-electron chi connectivity index (χ3n) is 2.53. The summed E-state index contributed by atoms with van der Waals surface area (Å²) in [7, 11) is 1.94. The lowest BCUT2D eigenvalue weighted by molar-refractivity contribution is 0.899. The lowest BCUT2D eigenvalue weighted by Gasteiger charge is -2.18. The Balaban J connectivity index is 2.16. The number of aromatic nitrogens is 1.